The van der Waals surface area contributed by atoms with Crippen molar-refractivity contribution in [3.8, 4) is 23.7 Å². The van der Waals surface area contributed by atoms with Gasteiger partial charge in [-0.05, 0) is 0 Å². The van der Waals surface area contributed by atoms with Crippen LogP contribution in [0.1, 0.15) is 0 Å². The molecule has 18 heavy (non-hydrogen) atoms. The molecule has 0 fully saturated rings. The highest BCUT2D eigenvalue weighted by molar-refractivity contribution is 9.09. The predicted molar refractivity (Wildman–Crippen MR) is 92.7 cm³/mol. The Morgan fingerprint density at radius 2 is 1.17 bits per heavy atom. The summed E-state index contributed by atoms with van der Waals surface area (Å²) >= 11 is 3.26. The fraction of sp³-hybridized carbons (Fsp3) is 0.714. The molecule has 0 aliphatic heterocycles. The fourth-order valence-electron chi connectivity index (χ4n) is 0.758. The summed E-state index contributed by atoms with van der Waals surface area (Å²) < 4.78 is 0. The molecule has 0 rings (SSSR count). The van der Waals surface area contributed by atoms with Crippen LogP contribution in [0, 0.1) is 23.7 Å². The summed E-state index contributed by atoms with van der Waals surface area (Å²) in [7, 11) is -1.87. The maximum absolute atomic E-state index is 8.30. The summed E-state index contributed by atoms with van der Waals surface area (Å²) in [6, 6.07) is 2.12. The maximum Gasteiger partial charge on any atom is 0.104 e. The second kappa shape index (κ2) is 10.9. The smallest absolute Gasteiger partial charge is 0.104 e. The Labute approximate surface area is 124 Å². The van der Waals surface area contributed by atoms with Crippen molar-refractivity contribution in [2.24, 2.45) is 0 Å². The van der Waals surface area contributed by atoms with Gasteiger partial charge >= 0.3 is 0 Å². The Hall–Kier alpha value is -0.00623. The van der Waals surface area contributed by atoms with Crippen LogP contribution in [0.25, 0.3) is 0 Å². The SMILES string of the molecule is C[Si](C)(C)CC#CCBr.C[Si](C)(C)CC#CCO. The topological polar surface area (TPSA) is 20.2 Å². The molecule has 0 saturated heterocycles. The third-order valence-electron chi connectivity index (χ3n) is 1.63. The van der Waals surface area contributed by atoms with Crippen LogP contribution in [0.15, 0.2) is 0 Å². The molecule has 4 heteroatoms. The summed E-state index contributed by atoms with van der Waals surface area (Å²) in [6.45, 7) is 13.8. The molecule has 0 radical (unpaired) electrons. The molecule has 0 bridgehead atoms. The average Bonchev–Trinajstić information content (AvgIpc) is 2.16. The van der Waals surface area contributed by atoms with Gasteiger partial charge in [0.1, 0.15) is 6.61 Å². The number of aliphatic hydroxyl groups is 1. The Kier molecular flexibility index (Phi) is 12.3. The van der Waals surface area contributed by atoms with Crippen LogP contribution in [0.4, 0.5) is 0 Å². The molecule has 104 valence electrons. The Bertz CT molecular complexity index is 284. The van der Waals surface area contributed by atoms with E-state index in [1.54, 1.807) is 0 Å². The molecule has 0 amide bonds. The third kappa shape index (κ3) is 25.0. The normalized spacial score (nSPS) is 10.2. The zero-order chi connectivity index (χ0) is 14.7. The number of alkyl halides is 1. The lowest BCUT2D eigenvalue weighted by molar-refractivity contribution is 0.350. The number of hydrogen-bond acceptors (Lipinski definition) is 1. The monoisotopic (exact) mass is 346 g/mol. The van der Waals surface area contributed by atoms with Crippen molar-refractivity contribution in [1.29, 1.82) is 0 Å². The molecule has 0 aliphatic carbocycles. The number of rotatable bonds is 2. The van der Waals surface area contributed by atoms with E-state index in [0.29, 0.717) is 0 Å². The van der Waals surface area contributed by atoms with Gasteiger partial charge in [-0.3, -0.25) is 0 Å². The van der Waals surface area contributed by atoms with Crippen molar-refractivity contribution >= 4 is 32.1 Å². The van der Waals surface area contributed by atoms with E-state index < -0.39 is 16.1 Å². The summed E-state index contributed by atoms with van der Waals surface area (Å²) in [4.78, 5) is 0. The van der Waals surface area contributed by atoms with E-state index >= 15 is 0 Å². The lowest BCUT2D eigenvalue weighted by atomic mass is 10.6. The van der Waals surface area contributed by atoms with Crippen molar-refractivity contribution in [3.63, 3.8) is 0 Å². The summed E-state index contributed by atoms with van der Waals surface area (Å²) in [5, 5.41) is 9.12. The van der Waals surface area contributed by atoms with Crippen molar-refractivity contribution < 1.29 is 5.11 Å². The molecule has 0 spiro atoms. The van der Waals surface area contributed by atoms with Gasteiger partial charge in [-0.1, -0.05) is 67.1 Å². The third-order valence-corrected chi connectivity index (χ3v) is 4.39. The van der Waals surface area contributed by atoms with Crippen molar-refractivity contribution in [2.45, 2.75) is 51.4 Å². The molecular weight excluding hydrogens is 320 g/mol. The highest BCUT2D eigenvalue weighted by Crippen LogP contribution is 2.05. The minimum absolute atomic E-state index is 0.00444. The van der Waals surface area contributed by atoms with E-state index in [4.69, 9.17) is 5.11 Å². The maximum atomic E-state index is 8.30. The lowest BCUT2D eigenvalue weighted by Crippen LogP contribution is -2.17. The zero-order valence-corrected chi connectivity index (χ0v) is 16.2. The molecule has 0 aliphatic rings. The van der Waals surface area contributed by atoms with Crippen LogP contribution in [0.3, 0.4) is 0 Å². The van der Waals surface area contributed by atoms with E-state index in [0.717, 1.165) is 17.4 Å². The molecular formula is C14H27BrOSi2. The van der Waals surface area contributed by atoms with E-state index in [1.807, 2.05) is 0 Å². The van der Waals surface area contributed by atoms with Gasteiger partial charge in [-0.25, -0.2) is 0 Å². The largest absolute Gasteiger partial charge is 0.384 e. The van der Waals surface area contributed by atoms with Crippen molar-refractivity contribution in [3.05, 3.63) is 0 Å². The Morgan fingerprint density at radius 1 is 0.778 bits per heavy atom. The Morgan fingerprint density at radius 3 is 1.44 bits per heavy atom. The first kappa shape index (κ1) is 20.3. The molecule has 0 heterocycles. The van der Waals surface area contributed by atoms with Gasteiger partial charge in [-0.2, -0.15) is 0 Å². The molecule has 0 unspecified atom stereocenters. The predicted octanol–water partition coefficient (Wildman–Crippen LogP) is 4.04. The summed E-state index contributed by atoms with van der Waals surface area (Å²) in [6.07, 6.45) is 0. The van der Waals surface area contributed by atoms with Gasteiger partial charge in [0.15, 0.2) is 0 Å². The van der Waals surface area contributed by atoms with Gasteiger partial charge in [0.2, 0.25) is 0 Å². The minimum Gasteiger partial charge on any atom is -0.384 e. The molecule has 0 aromatic carbocycles. The highest BCUT2D eigenvalue weighted by Gasteiger charge is 2.09. The van der Waals surface area contributed by atoms with Crippen molar-refractivity contribution in [1.82, 2.24) is 0 Å². The molecule has 0 aromatic rings. The lowest BCUT2D eigenvalue weighted by Gasteiger charge is -2.09. The van der Waals surface area contributed by atoms with Crippen LogP contribution in [0.2, 0.25) is 51.4 Å². The molecule has 0 aromatic heterocycles. The fourth-order valence-corrected chi connectivity index (χ4v) is 2.27. The molecule has 1 N–H and O–H groups in total. The number of aliphatic hydroxyl groups excluding tert-OH is 1. The van der Waals surface area contributed by atoms with Crippen molar-refractivity contribution in [2.75, 3.05) is 11.9 Å². The summed E-state index contributed by atoms with van der Waals surface area (Å²) in [5.74, 6) is 11.7. The second-order valence-electron chi connectivity index (χ2n) is 6.47. The van der Waals surface area contributed by atoms with Crippen LogP contribution in [-0.2, 0) is 0 Å². The molecule has 0 atom stereocenters. The van der Waals surface area contributed by atoms with Crippen LogP contribution in [-0.4, -0.2) is 33.2 Å². The van der Waals surface area contributed by atoms with Gasteiger partial charge in [0.25, 0.3) is 0 Å². The van der Waals surface area contributed by atoms with Crippen LogP contribution >= 0.6 is 15.9 Å². The first-order valence-corrected chi connectivity index (χ1v) is 14.7. The second-order valence-corrected chi connectivity index (χ2v) is 18.0. The Balaban J connectivity index is 0. The number of hydrogen-bond donors (Lipinski definition) is 1. The average molecular weight is 347 g/mol. The standard InChI is InChI=1S/C7H13BrSi.C7H14OSi/c2*1-9(2,3)7-5-4-6-8/h6-7H2,1-3H3;8H,6-7H2,1-3H3. The van der Waals surface area contributed by atoms with Crippen LogP contribution < -0.4 is 0 Å². The summed E-state index contributed by atoms with van der Waals surface area (Å²) in [5.41, 5.74) is 0. The van der Waals surface area contributed by atoms with E-state index in [1.165, 1.54) is 0 Å². The zero-order valence-electron chi connectivity index (χ0n) is 12.7. The van der Waals surface area contributed by atoms with E-state index in [-0.39, 0.29) is 6.61 Å². The molecule has 1 nitrogen and oxygen atoms in total. The van der Waals surface area contributed by atoms with Gasteiger partial charge in [0, 0.05) is 12.1 Å². The van der Waals surface area contributed by atoms with E-state index in [2.05, 4.69) is 78.9 Å². The first-order valence-electron chi connectivity index (χ1n) is 6.20. The molecule has 0 saturated carbocycles. The van der Waals surface area contributed by atoms with Gasteiger partial charge in [0.05, 0.1) is 21.5 Å². The number of halogens is 1. The van der Waals surface area contributed by atoms with E-state index in [9.17, 15) is 0 Å². The minimum atomic E-state index is -0.979. The van der Waals surface area contributed by atoms with Gasteiger partial charge < -0.3 is 5.11 Å². The highest BCUT2D eigenvalue weighted by atomic mass is 79.9. The first-order chi connectivity index (χ1) is 8.12. The van der Waals surface area contributed by atoms with Crippen LogP contribution in [0.5, 0.6) is 0 Å². The van der Waals surface area contributed by atoms with Gasteiger partial charge in [-0.15, -0.1) is 11.8 Å². The quantitative estimate of drug-likeness (QED) is 0.454.